The van der Waals surface area contributed by atoms with Crippen LogP contribution in [0.4, 0.5) is 0 Å². The van der Waals surface area contributed by atoms with Gasteiger partial charge in [-0.05, 0) is 47.4 Å². The number of hydrogen-bond acceptors (Lipinski definition) is 2. The van der Waals surface area contributed by atoms with Crippen molar-refractivity contribution in [1.29, 1.82) is 0 Å². The molecule has 2 heterocycles. The number of pyridine rings is 2. The summed E-state index contributed by atoms with van der Waals surface area (Å²) in [6.45, 7) is 2.15. The highest BCUT2D eigenvalue weighted by atomic mass is 14.6. The topological polar surface area (TPSA) is 25.8 Å². The van der Waals surface area contributed by atoms with E-state index in [-0.39, 0.29) is 0 Å². The van der Waals surface area contributed by atoms with E-state index in [1.807, 2.05) is 36.8 Å². The molecule has 2 nitrogen and oxygen atoms in total. The monoisotopic (exact) mass is 246 g/mol. The van der Waals surface area contributed by atoms with Crippen molar-refractivity contribution in [1.82, 2.24) is 9.97 Å². The zero-order valence-electron chi connectivity index (χ0n) is 10.7. The quantitative estimate of drug-likeness (QED) is 0.679. The third-order valence-corrected chi connectivity index (χ3v) is 3.30. The number of aromatic nitrogens is 2. The molecule has 0 N–H and O–H groups in total. The van der Waals surface area contributed by atoms with Gasteiger partial charge in [-0.2, -0.15) is 0 Å². The minimum absolute atomic E-state index is 1.15. The fourth-order valence-corrected chi connectivity index (χ4v) is 2.31. The largest absolute Gasteiger partial charge is 0.265 e. The fourth-order valence-electron chi connectivity index (χ4n) is 2.31. The first kappa shape index (κ1) is 11.6. The molecule has 2 aromatic heterocycles. The van der Waals surface area contributed by atoms with Crippen molar-refractivity contribution in [2.75, 3.05) is 0 Å². The summed E-state index contributed by atoms with van der Waals surface area (Å²) in [7, 11) is 0. The second-order valence-corrected chi connectivity index (χ2v) is 4.46. The first-order chi connectivity index (χ1) is 9.36. The highest BCUT2D eigenvalue weighted by Crippen LogP contribution is 2.30. The number of hydrogen-bond donors (Lipinski definition) is 0. The second-order valence-electron chi connectivity index (χ2n) is 4.46. The summed E-state index contributed by atoms with van der Waals surface area (Å²) in [4.78, 5) is 8.27. The molecule has 0 aliphatic heterocycles. The van der Waals surface area contributed by atoms with Crippen LogP contribution in [0.15, 0.2) is 67.3 Å². The SMILES string of the molecule is Cc1c(-c2ccncc2)cccc1-c1cccnc1. The van der Waals surface area contributed by atoms with Gasteiger partial charge in [0.15, 0.2) is 0 Å². The first-order valence-electron chi connectivity index (χ1n) is 6.26. The molecule has 0 spiro atoms. The van der Waals surface area contributed by atoms with E-state index >= 15 is 0 Å². The summed E-state index contributed by atoms with van der Waals surface area (Å²) in [6.07, 6.45) is 7.35. The van der Waals surface area contributed by atoms with Crippen LogP contribution >= 0.6 is 0 Å². The van der Waals surface area contributed by atoms with E-state index in [4.69, 9.17) is 0 Å². The zero-order chi connectivity index (χ0) is 13.1. The van der Waals surface area contributed by atoms with Crippen molar-refractivity contribution >= 4 is 0 Å². The van der Waals surface area contributed by atoms with Crippen LogP contribution in [0.3, 0.4) is 0 Å². The molecule has 0 fully saturated rings. The van der Waals surface area contributed by atoms with Gasteiger partial charge < -0.3 is 0 Å². The van der Waals surface area contributed by atoms with Gasteiger partial charge in [-0.1, -0.05) is 24.3 Å². The van der Waals surface area contributed by atoms with Gasteiger partial charge >= 0.3 is 0 Å². The molecule has 0 unspecified atom stereocenters. The Balaban J connectivity index is 2.15. The standard InChI is InChI=1S/C17H14N2/c1-13-16(14-7-10-18-11-8-14)5-2-6-17(13)15-4-3-9-19-12-15/h2-12H,1H3. The maximum atomic E-state index is 4.19. The van der Waals surface area contributed by atoms with E-state index in [9.17, 15) is 0 Å². The van der Waals surface area contributed by atoms with E-state index in [0.717, 1.165) is 5.56 Å². The fraction of sp³-hybridized carbons (Fsp3) is 0.0588. The summed E-state index contributed by atoms with van der Waals surface area (Å²) in [5, 5.41) is 0. The van der Waals surface area contributed by atoms with Gasteiger partial charge in [-0.25, -0.2) is 0 Å². The van der Waals surface area contributed by atoms with Gasteiger partial charge in [0.05, 0.1) is 0 Å². The van der Waals surface area contributed by atoms with Gasteiger partial charge in [0.2, 0.25) is 0 Å². The number of nitrogens with zero attached hydrogens (tertiary/aromatic N) is 2. The lowest BCUT2D eigenvalue weighted by molar-refractivity contribution is 1.31. The molecule has 3 aromatic rings. The summed E-state index contributed by atoms with van der Waals surface area (Å²) in [5.74, 6) is 0. The lowest BCUT2D eigenvalue weighted by atomic mass is 9.94. The number of rotatable bonds is 2. The Kier molecular flexibility index (Phi) is 3.07. The lowest BCUT2D eigenvalue weighted by Crippen LogP contribution is -1.89. The summed E-state index contributed by atoms with van der Waals surface area (Å²) >= 11 is 0. The molecule has 2 heteroatoms. The van der Waals surface area contributed by atoms with E-state index in [0.29, 0.717) is 0 Å². The zero-order valence-corrected chi connectivity index (χ0v) is 10.7. The van der Waals surface area contributed by atoms with Crippen molar-refractivity contribution in [3.63, 3.8) is 0 Å². The van der Waals surface area contributed by atoms with Crippen LogP contribution in [0, 0.1) is 6.92 Å². The Hall–Kier alpha value is -2.48. The maximum absolute atomic E-state index is 4.19. The Labute approximate surface area is 112 Å². The summed E-state index contributed by atoms with van der Waals surface area (Å²) in [6, 6.07) is 14.5. The Morgan fingerprint density at radius 1 is 0.684 bits per heavy atom. The first-order valence-corrected chi connectivity index (χ1v) is 6.26. The van der Waals surface area contributed by atoms with Crippen LogP contribution in [-0.2, 0) is 0 Å². The predicted octanol–water partition coefficient (Wildman–Crippen LogP) is 4.12. The number of benzene rings is 1. The van der Waals surface area contributed by atoms with Crippen LogP contribution in [0.2, 0.25) is 0 Å². The molecule has 0 bridgehead atoms. The molecule has 0 radical (unpaired) electrons. The van der Waals surface area contributed by atoms with Gasteiger partial charge in [0.1, 0.15) is 0 Å². The molecule has 0 amide bonds. The van der Waals surface area contributed by atoms with E-state index in [1.165, 1.54) is 22.3 Å². The average molecular weight is 246 g/mol. The summed E-state index contributed by atoms with van der Waals surface area (Å²) in [5.41, 5.74) is 6.07. The normalized spacial score (nSPS) is 10.4. The molecule has 3 rings (SSSR count). The van der Waals surface area contributed by atoms with Crippen molar-refractivity contribution in [2.24, 2.45) is 0 Å². The van der Waals surface area contributed by atoms with Gasteiger partial charge in [-0.15, -0.1) is 0 Å². The average Bonchev–Trinajstić information content (AvgIpc) is 2.49. The van der Waals surface area contributed by atoms with Crippen LogP contribution in [-0.4, -0.2) is 9.97 Å². The van der Waals surface area contributed by atoms with Gasteiger partial charge in [-0.3, -0.25) is 9.97 Å². The highest BCUT2D eigenvalue weighted by Gasteiger charge is 2.07. The van der Waals surface area contributed by atoms with E-state index in [1.54, 1.807) is 6.20 Å². The molecular formula is C17H14N2. The van der Waals surface area contributed by atoms with E-state index < -0.39 is 0 Å². The molecular weight excluding hydrogens is 232 g/mol. The third kappa shape index (κ3) is 2.25. The molecule has 0 aliphatic carbocycles. The molecule has 92 valence electrons. The smallest absolute Gasteiger partial charge is 0.0346 e. The van der Waals surface area contributed by atoms with Crippen LogP contribution in [0.1, 0.15) is 5.56 Å². The third-order valence-electron chi connectivity index (χ3n) is 3.30. The second kappa shape index (κ2) is 5.02. The Bertz CT molecular complexity index is 618. The van der Waals surface area contributed by atoms with Crippen molar-refractivity contribution in [3.8, 4) is 22.3 Å². The Morgan fingerprint density at radius 3 is 2.11 bits per heavy atom. The van der Waals surface area contributed by atoms with Crippen molar-refractivity contribution < 1.29 is 0 Å². The highest BCUT2D eigenvalue weighted by molar-refractivity contribution is 5.77. The maximum Gasteiger partial charge on any atom is 0.0346 e. The van der Waals surface area contributed by atoms with Gasteiger partial charge in [0.25, 0.3) is 0 Å². The molecule has 0 saturated heterocycles. The van der Waals surface area contributed by atoms with Crippen molar-refractivity contribution in [2.45, 2.75) is 6.92 Å². The molecule has 0 saturated carbocycles. The van der Waals surface area contributed by atoms with Crippen LogP contribution < -0.4 is 0 Å². The molecule has 19 heavy (non-hydrogen) atoms. The van der Waals surface area contributed by atoms with Crippen molar-refractivity contribution in [3.05, 3.63) is 72.8 Å². The molecule has 0 atom stereocenters. The predicted molar refractivity (Wildman–Crippen MR) is 77.6 cm³/mol. The van der Waals surface area contributed by atoms with Gasteiger partial charge in [0, 0.05) is 30.4 Å². The van der Waals surface area contributed by atoms with E-state index in [2.05, 4.69) is 41.2 Å². The molecule has 1 aromatic carbocycles. The minimum Gasteiger partial charge on any atom is -0.265 e. The Morgan fingerprint density at radius 2 is 1.42 bits per heavy atom. The minimum atomic E-state index is 1.15. The summed E-state index contributed by atoms with van der Waals surface area (Å²) < 4.78 is 0. The molecule has 0 aliphatic rings. The lowest BCUT2D eigenvalue weighted by Gasteiger charge is -2.11. The van der Waals surface area contributed by atoms with Crippen LogP contribution in [0.25, 0.3) is 22.3 Å². The van der Waals surface area contributed by atoms with Crippen LogP contribution in [0.5, 0.6) is 0 Å².